The zero-order valence-corrected chi connectivity index (χ0v) is 12.3. The lowest BCUT2D eigenvalue weighted by Gasteiger charge is -2.19. The van der Waals surface area contributed by atoms with Gasteiger partial charge >= 0.3 is 5.97 Å². The van der Waals surface area contributed by atoms with Gasteiger partial charge in [-0.05, 0) is 17.4 Å². The van der Waals surface area contributed by atoms with Crippen molar-refractivity contribution in [3.8, 4) is 0 Å². The van der Waals surface area contributed by atoms with E-state index < -0.39 is 12.0 Å². The Hall–Kier alpha value is -1.84. The maximum Gasteiger partial charge on any atom is 0.326 e. The van der Waals surface area contributed by atoms with E-state index in [4.69, 9.17) is 0 Å². The average molecular weight is 277 g/mol. The van der Waals surface area contributed by atoms with Crippen LogP contribution in [0.15, 0.2) is 30.3 Å². The van der Waals surface area contributed by atoms with Crippen LogP contribution in [0.1, 0.15) is 39.2 Å². The number of carbonyl (C=O) groups is 2. The van der Waals surface area contributed by atoms with Gasteiger partial charge in [-0.3, -0.25) is 4.79 Å². The Labute approximate surface area is 120 Å². The number of benzene rings is 1. The molecule has 0 spiro atoms. The summed E-state index contributed by atoms with van der Waals surface area (Å²) >= 11 is 0. The minimum Gasteiger partial charge on any atom is -0.480 e. The molecule has 0 bridgehead atoms. The molecule has 1 amide bonds. The summed E-state index contributed by atoms with van der Waals surface area (Å²) in [6, 6.07) is 8.44. The highest BCUT2D eigenvalue weighted by Crippen LogP contribution is 2.20. The Morgan fingerprint density at radius 3 is 2.30 bits per heavy atom. The number of hydrogen-bond acceptors (Lipinski definition) is 2. The van der Waals surface area contributed by atoms with Gasteiger partial charge in [-0.1, -0.05) is 51.1 Å². The van der Waals surface area contributed by atoms with Gasteiger partial charge in [0.1, 0.15) is 6.04 Å². The quantitative estimate of drug-likeness (QED) is 0.840. The summed E-state index contributed by atoms with van der Waals surface area (Å²) in [5, 5.41) is 11.8. The molecule has 0 aliphatic rings. The molecule has 1 aromatic carbocycles. The third-order valence-corrected chi connectivity index (χ3v) is 3.02. The molecule has 0 heterocycles. The predicted octanol–water partition coefficient (Wildman–Crippen LogP) is 2.62. The molecule has 1 atom stereocenters. The number of nitrogens with one attached hydrogen (secondary N) is 1. The zero-order valence-electron chi connectivity index (χ0n) is 12.3. The number of carbonyl (C=O) groups excluding carboxylic acids is 1. The van der Waals surface area contributed by atoms with Crippen molar-refractivity contribution in [1.29, 1.82) is 0 Å². The van der Waals surface area contributed by atoms with Crippen LogP contribution in [0.25, 0.3) is 0 Å². The number of carboxylic acid groups (broad SMARTS) is 1. The van der Waals surface area contributed by atoms with E-state index in [1.54, 1.807) is 0 Å². The van der Waals surface area contributed by atoms with Crippen LogP contribution in [-0.2, 0) is 16.0 Å². The molecular formula is C16H23NO3. The van der Waals surface area contributed by atoms with Crippen molar-refractivity contribution < 1.29 is 14.7 Å². The molecule has 4 nitrogen and oxygen atoms in total. The summed E-state index contributed by atoms with van der Waals surface area (Å²) in [5.74, 6) is -1.21. The average Bonchev–Trinajstić information content (AvgIpc) is 2.36. The molecule has 20 heavy (non-hydrogen) atoms. The van der Waals surface area contributed by atoms with Crippen molar-refractivity contribution >= 4 is 11.9 Å². The van der Waals surface area contributed by atoms with E-state index in [-0.39, 0.29) is 11.3 Å². The lowest BCUT2D eigenvalue weighted by molar-refractivity contribution is -0.141. The third-order valence-electron chi connectivity index (χ3n) is 3.02. The molecule has 1 aromatic rings. The first-order valence-corrected chi connectivity index (χ1v) is 6.84. The maximum absolute atomic E-state index is 11.8. The minimum atomic E-state index is -1.00. The fourth-order valence-electron chi connectivity index (χ4n) is 1.80. The second kappa shape index (κ2) is 7.08. The van der Waals surface area contributed by atoms with Gasteiger partial charge in [0.15, 0.2) is 0 Å². The van der Waals surface area contributed by atoms with Crippen molar-refractivity contribution in [2.75, 3.05) is 0 Å². The lowest BCUT2D eigenvalue weighted by Crippen LogP contribution is -2.42. The first-order chi connectivity index (χ1) is 9.28. The summed E-state index contributed by atoms with van der Waals surface area (Å²) in [7, 11) is 0. The summed E-state index contributed by atoms with van der Waals surface area (Å²) in [6.45, 7) is 6.16. The summed E-state index contributed by atoms with van der Waals surface area (Å²) < 4.78 is 0. The van der Waals surface area contributed by atoms with E-state index >= 15 is 0 Å². The molecule has 0 fully saturated rings. The predicted molar refractivity (Wildman–Crippen MR) is 78.4 cm³/mol. The van der Waals surface area contributed by atoms with Crippen LogP contribution in [0.3, 0.4) is 0 Å². The van der Waals surface area contributed by atoms with Gasteiger partial charge in [-0.25, -0.2) is 4.79 Å². The van der Waals surface area contributed by atoms with Gasteiger partial charge in [0.05, 0.1) is 0 Å². The van der Waals surface area contributed by atoms with Crippen LogP contribution >= 0.6 is 0 Å². The Bertz CT molecular complexity index is 449. The van der Waals surface area contributed by atoms with Gasteiger partial charge in [0.25, 0.3) is 0 Å². The second-order valence-corrected chi connectivity index (χ2v) is 6.21. The van der Waals surface area contributed by atoms with Crippen LogP contribution in [0, 0.1) is 5.41 Å². The Morgan fingerprint density at radius 1 is 1.20 bits per heavy atom. The van der Waals surface area contributed by atoms with Gasteiger partial charge < -0.3 is 10.4 Å². The summed E-state index contributed by atoms with van der Waals surface area (Å²) in [5.41, 5.74) is 0.964. The molecular weight excluding hydrogens is 254 g/mol. The summed E-state index contributed by atoms with van der Waals surface area (Å²) in [4.78, 5) is 23.0. The van der Waals surface area contributed by atoms with Gasteiger partial charge in [-0.15, -0.1) is 0 Å². The first-order valence-electron chi connectivity index (χ1n) is 6.84. The molecule has 0 unspecified atom stereocenters. The molecule has 0 radical (unpaired) electrons. The largest absolute Gasteiger partial charge is 0.480 e. The van der Waals surface area contributed by atoms with Crippen LogP contribution < -0.4 is 5.32 Å². The first kappa shape index (κ1) is 16.2. The topological polar surface area (TPSA) is 66.4 Å². The van der Waals surface area contributed by atoms with E-state index in [2.05, 4.69) is 26.1 Å². The van der Waals surface area contributed by atoms with E-state index in [1.807, 2.05) is 30.3 Å². The highest BCUT2D eigenvalue weighted by Gasteiger charge is 2.21. The monoisotopic (exact) mass is 277 g/mol. The number of hydrogen-bond donors (Lipinski definition) is 2. The number of carboxylic acids is 1. The SMILES string of the molecule is CC(C)(C)CCC(=O)N[C@@H](Cc1ccccc1)C(=O)O. The van der Waals surface area contributed by atoms with E-state index in [0.29, 0.717) is 12.8 Å². The highest BCUT2D eigenvalue weighted by molar-refractivity contribution is 5.83. The fraction of sp³-hybridized carbons (Fsp3) is 0.500. The standard InChI is InChI=1S/C16H23NO3/c1-16(2,3)10-9-14(18)17-13(15(19)20)11-12-7-5-4-6-8-12/h4-8,13H,9-11H2,1-3H3,(H,17,18)(H,19,20)/t13-/m0/s1. The molecule has 0 saturated heterocycles. The maximum atomic E-state index is 11.8. The Balaban J connectivity index is 2.55. The molecule has 0 aliphatic carbocycles. The Morgan fingerprint density at radius 2 is 1.80 bits per heavy atom. The van der Waals surface area contributed by atoms with Crippen LogP contribution in [0.4, 0.5) is 0 Å². The summed E-state index contributed by atoms with van der Waals surface area (Å²) in [6.07, 6.45) is 1.38. The Kier molecular flexibility index (Phi) is 5.74. The van der Waals surface area contributed by atoms with Crippen molar-refractivity contribution in [2.45, 2.75) is 46.1 Å². The molecule has 4 heteroatoms. The number of amides is 1. The molecule has 0 saturated carbocycles. The van der Waals surface area contributed by atoms with Gasteiger partial charge in [-0.2, -0.15) is 0 Å². The van der Waals surface area contributed by atoms with Crippen molar-refractivity contribution in [1.82, 2.24) is 5.32 Å². The zero-order chi connectivity index (χ0) is 15.2. The molecule has 110 valence electrons. The van der Waals surface area contributed by atoms with Crippen molar-refractivity contribution in [2.24, 2.45) is 5.41 Å². The molecule has 2 N–H and O–H groups in total. The van der Waals surface area contributed by atoms with Crippen LogP contribution in [0.5, 0.6) is 0 Å². The highest BCUT2D eigenvalue weighted by atomic mass is 16.4. The van der Waals surface area contributed by atoms with Crippen LogP contribution in [-0.4, -0.2) is 23.0 Å². The smallest absolute Gasteiger partial charge is 0.326 e. The van der Waals surface area contributed by atoms with E-state index in [1.165, 1.54) is 0 Å². The number of aliphatic carboxylic acids is 1. The normalized spacial score (nSPS) is 12.8. The van der Waals surface area contributed by atoms with Gasteiger partial charge in [0.2, 0.25) is 5.91 Å². The second-order valence-electron chi connectivity index (χ2n) is 6.21. The molecule has 1 rings (SSSR count). The van der Waals surface area contributed by atoms with Crippen LogP contribution in [0.2, 0.25) is 0 Å². The lowest BCUT2D eigenvalue weighted by atomic mass is 9.90. The third kappa shape index (κ3) is 6.36. The molecule has 0 aromatic heterocycles. The number of rotatable bonds is 6. The fourth-order valence-corrected chi connectivity index (χ4v) is 1.80. The van der Waals surface area contributed by atoms with Crippen molar-refractivity contribution in [3.63, 3.8) is 0 Å². The van der Waals surface area contributed by atoms with E-state index in [0.717, 1.165) is 12.0 Å². The van der Waals surface area contributed by atoms with E-state index in [9.17, 15) is 14.7 Å². The van der Waals surface area contributed by atoms with Gasteiger partial charge in [0, 0.05) is 12.8 Å². The van der Waals surface area contributed by atoms with Crippen molar-refractivity contribution in [3.05, 3.63) is 35.9 Å². The molecule has 0 aliphatic heterocycles. The minimum absolute atomic E-state index is 0.0650.